The zero-order valence-corrected chi connectivity index (χ0v) is 27.5. The van der Waals surface area contributed by atoms with Gasteiger partial charge < -0.3 is 23.8 Å². The fraction of sp³-hybridized carbons (Fsp3) is 0.467. The first-order valence-electron chi connectivity index (χ1n) is 14.1. The van der Waals surface area contributed by atoms with Crippen molar-refractivity contribution in [3.05, 3.63) is 65.1 Å². The molecule has 0 unspecified atom stereocenters. The number of ether oxygens (including phenoxy) is 1. The highest BCUT2D eigenvalue weighted by atomic mass is 127. The third-order valence-electron chi connectivity index (χ3n) is 7.53. The number of nitrogens with zero attached hydrogens (tertiary/aromatic N) is 3. The quantitative estimate of drug-likeness (QED) is 0.166. The predicted octanol–water partition coefficient (Wildman–Crippen LogP) is 6.78. The molecule has 1 aliphatic heterocycles. The summed E-state index contributed by atoms with van der Waals surface area (Å²) in [5.74, 6) is -1.26. The van der Waals surface area contributed by atoms with Gasteiger partial charge >= 0.3 is 18.4 Å². The Morgan fingerprint density at radius 3 is 2.26 bits per heavy atom. The third kappa shape index (κ3) is 9.54. The second kappa shape index (κ2) is 15.8. The summed E-state index contributed by atoms with van der Waals surface area (Å²) in [6.45, 7) is 3.21. The minimum absolute atomic E-state index is 0.0631. The van der Waals surface area contributed by atoms with Gasteiger partial charge in [-0.2, -0.15) is 26.3 Å². The van der Waals surface area contributed by atoms with Gasteiger partial charge in [-0.05, 0) is 74.7 Å². The van der Waals surface area contributed by atoms with Crippen LogP contribution in [0.2, 0.25) is 0 Å². The second-order valence-electron chi connectivity index (χ2n) is 11.2. The summed E-state index contributed by atoms with van der Waals surface area (Å²) in [4.78, 5) is 20.0. The molecular weight excluding hydrogens is 738 g/mol. The molecule has 0 aromatic heterocycles. The minimum atomic E-state index is -5.34. The first kappa shape index (κ1) is 37.5. The number of allylic oxidation sites excluding steroid dienone is 1. The zero-order chi connectivity index (χ0) is 34.3. The highest BCUT2D eigenvalue weighted by Crippen LogP contribution is 2.52. The van der Waals surface area contributed by atoms with Gasteiger partial charge in [0.25, 0.3) is 0 Å². The number of carbonyl (C=O) groups is 1. The van der Waals surface area contributed by atoms with Gasteiger partial charge in [0.1, 0.15) is 28.8 Å². The lowest BCUT2D eigenvalue weighted by atomic mass is 9.58. The average molecular weight is 774 g/mol. The fourth-order valence-electron chi connectivity index (χ4n) is 5.51. The Bertz CT molecular complexity index is 1390. The number of halogens is 8. The summed E-state index contributed by atoms with van der Waals surface area (Å²) >= 11 is 1.88. The number of aliphatic imine (C=N–C) groups is 1. The maximum atomic E-state index is 14.1. The summed E-state index contributed by atoms with van der Waals surface area (Å²) in [5.41, 5.74) is 1.49. The van der Waals surface area contributed by atoms with E-state index in [1.54, 1.807) is 0 Å². The van der Waals surface area contributed by atoms with Crippen molar-refractivity contribution in [1.82, 2.24) is 10.2 Å². The van der Waals surface area contributed by atoms with E-state index in [2.05, 4.69) is 15.2 Å². The lowest BCUT2D eigenvalue weighted by molar-refractivity contribution is -0.143. The van der Waals surface area contributed by atoms with E-state index in [1.165, 1.54) is 12.1 Å². The largest absolute Gasteiger partial charge is 0.420 e. The van der Waals surface area contributed by atoms with Crippen molar-refractivity contribution in [3.8, 4) is 5.75 Å². The molecule has 3 N–H and O–H groups in total. The molecule has 1 amide bonds. The Morgan fingerprint density at radius 2 is 1.74 bits per heavy atom. The smallest absolute Gasteiger partial charge is 0.409 e. The first-order chi connectivity index (χ1) is 21.6. The SMILES string of the molecule is CN(C(=O)Oc1c(/C(C=NCCN2CC3(CC(COI)C3)C2)=C/N)cc(C(F)(F)F)cc1C(F)(F)F)c1ccc(F)cc1.CNC. The van der Waals surface area contributed by atoms with Gasteiger partial charge in [0, 0.05) is 55.9 Å². The van der Waals surface area contributed by atoms with Crippen molar-refractivity contribution in [2.75, 3.05) is 58.8 Å². The maximum absolute atomic E-state index is 14.1. The standard InChI is InChI=1S/C28H28F7IN4O3.C2H7N/c1-39(21-4-2-20(29)3-5-21)25(41)43-24-22(8-19(27(30,31)32)9-23(24)28(33,34)35)18(12-37)13-38-6-7-40-15-26(16-40)10-17(11-26)14-42-36;1-3-2/h2-5,8-9,12-13,17H,6-7,10-11,14-16,37H2,1H3;3H,1-2H3/b18-12+,38-13?;. The Kier molecular flexibility index (Phi) is 12.8. The molecule has 0 atom stereocenters. The number of nitrogens with two attached hydrogens (primary N) is 1. The minimum Gasteiger partial charge on any atom is -0.409 e. The van der Waals surface area contributed by atoms with E-state index in [4.69, 9.17) is 13.5 Å². The number of alkyl halides is 6. The first-order valence-corrected chi connectivity index (χ1v) is 15.0. The van der Waals surface area contributed by atoms with Crippen molar-refractivity contribution in [2.45, 2.75) is 25.2 Å². The van der Waals surface area contributed by atoms with E-state index < -0.39 is 46.7 Å². The normalized spacial score (nSPS) is 16.9. The molecule has 8 nitrogen and oxygen atoms in total. The zero-order valence-electron chi connectivity index (χ0n) is 25.3. The fourth-order valence-corrected chi connectivity index (χ4v) is 6.02. The molecule has 2 fully saturated rings. The van der Waals surface area contributed by atoms with Gasteiger partial charge in [0.15, 0.2) is 5.75 Å². The lowest BCUT2D eigenvalue weighted by Gasteiger charge is -2.59. The van der Waals surface area contributed by atoms with Crippen LogP contribution in [-0.2, 0) is 15.4 Å². The number of likely N-dealkylation sites (tertiary alicyclic amines) is 1. The van der Waals surface area contributed by atoms with Crippen LogP contribution >= 0.6 is 23.0 Å². The van der Waals surface area contributed by atoms with Crippen molar-refractivity contribution >= 4 is 46.6 Å². The highest BCUT2D eigenvalue weighted by molar-refractivity contribution is 14.1. The predicted molar refractivity (Wildman–Crippen MR) is 169 cm³/mol. The monoisotopic (exact) mass is 773 g/mol. The van der Waals surface area contributed by atoms with Crippen LogP contribution in [0.1, 0.15) is 29.5 Å². The number of carbonyl (C=O) groups excluding carboxylic acids is 1. The van der Waals surface area contributed by atoms with Crippen LogP contribution in [0, 0.1) is 17.2 Å². The molecule has 2 aliphatic rings. The van der Waals surface area contributed by atoms with Gasteiger partial charge in [-0.25, -0.2) is 9.18 Å². The molecule has 1 heterocycles. The van der Waals surface area contributed by atoms with Crippen LogP contribution in [0.4, 0.5) is 41.2 Å². The molecule has 46 heavy (non-hydrogen) atoms. The van der Waals surface area contributed by atoms with E-state index in [0.717, 1.165) is 62.4 Å². The molecule has 2 aromatic rings. The maximum Gasteiger partial charge on any atom is 0.420 e. The molecule has 1 saturated heterocycles. The highest BCUT2D eigenvalue weighted by Gasteiger charge is 2.51. The Labute approximate surface area is 276 Å². The van der Waals surface area contributed by atoms with Crippen LogP contribution < -0.4 is 20.7 Å². The topological polar surface area (TPSA) is 92.4 Å². The van der Waals surface area contributed by atoms with E-state index in [9.17, 15) is 35.5 Å². The lowest BCUT2D eigenvalue weighted by Crippen LogP contribution is -2.62. The van der Waals surface area contributed by atoms with Crippen molar-refractivity contribution in [2.24, 2.45) is 22.1 Å². The van der Waals surface area contributed by atoms with E-state index in [-0.39, 0.29) is 29.3 Å². The van der Waals surface area contributed by atoms with Crippen LogP contribution in [0.25, 0.3) is 5.57 Å². The molecular formula is C30H35F7IN5O3. The number of rotatable bonds is 9. The Balaban J connectivity index is 0.00000185. The van der Waals surface area contributed by atoms with Gasteiger partial charge in [-0.15, -0.1) is 0 Å². The third-order valence-corrected chi connectivity index (χ3v) is 7.88. The van der Waals surface area contributed by atoms with Crippen LogP contribution in [-0.4, -0.2) is 71.1 Å². The van der Waals surface area contributed by atoms with Gasteiger partial charge in [0.05, 0.1) is 24.3 Å². The number of nitrogens with one attached hydrogen (secondary N) is 1. The summed E-state index contributed by atoms with van der Waals surface area (Å²) in [7, 11) is 4.90. The molecule has 1 aliphatic carbocycles. The number of anilines is 1. The summed E-state index contributed by atoms with van der Waals surface area (Å²) in [6, 6.07) is 4.67. The van der Waals surface area contributed by atoms with E-state index in [1.807, 2.05) is 37.1 Å². The molecule has 0 bridgehead atoms. The van der Waals surface area contributed by atoms with Gasteiger partial charge in [-0.3, -0.25) is 9.89 Å². The van der Waals surface area contributed by atoms with Crippen LogP contribution in [0.15, 0.2) is 47.6 Å². The molecule has 0 radical (unpaired) electrons. The molecule has 1 spiro atoms. The van der Waals surface area contributed by atoms with E-state index in [0.29, 0.717) is 25.1 Å². The molecule has 2 aromatic carbocycles. The van der Waals surface area contributed by atoms with Crippen molar-refractivity contribution < 1.29 is 43.3 Å². The molecule has 1 saturated carbocycles. The van der Waals surface area contributed by atoms with Gasteiger partial charge in [0.2, 0.25) is 0 Å². The van der Waals surface area contributed by atoms with Crippen LogP contribution in [0.5, 0.6) is 5.75 Å². The average Bonchev–Trinajstić information content (AvgIpc) is 2.94. The molecule has 4 rings (SSSR count). The molecule has 254 valence electrons. The molecule has 16 heteroatoms. The number of benzene rings is 2. The Morgan fingerprint density at radius 1 is 1.13 bits per heavy atom. The number of hydrogen-bond donors (Lipinski definition) is 2. The van der Waals surface area contributed by atoms with Crippen molar-refractivity contribution in [1.29, 1.82) is 0 Å². The van der Waals surface area contributed by atoms with Gasteiger partial charge in [-0.1, -0.05) is 0 Å². The van der Waals surface area contributed by atoms with Crippen molar-refractivity contribution in [3.63, 3.8) is 0 Å². The number of hydrogen-bond acceptors (Lipinski definition) is 7. The Hall–Kier alpha value is -2.96. The summed E-state index contributed by atoms with van der Waals surface area (Å²) in [5, 5.41) is 2.75. The van der Waals surface area contributed by atoms with Crippen LogP contribution in [0.3, 0.4) is 0 Å². The number of amides is 1. The summed E-state index contributed by atoms with van der Waals surface area (Å²) < 4.78 is 107. The van der Waals surface area contributed by atoms with E-state index >= 15 is 0 Å². The second-order valence-corrected chi connectivity index (χ2v) is 11.8. The summed E-state index contributed by atoms with van der Waals surface area (Å²) in [6.07, 6.45) is -7.85.